The lowest BCUT2D eigenvalue weighted by Gasteiger charge is -2.27. The highest BCUT2D eigenvalue weighted by Crippen LogP contribution is 2.46. The summed E-state index contributed by atoms with van der Waals surface area (Å²) in [5.41, 5.74) is 8.85. The van der Waals surface area contributed by atoms with Crippen molar-refractivity contribution >= 4 is 38.8 Å². The van der Waals surface area contributed by atoms with Crippen molar-refractivity contribution in [3.05, 3.63) is 139 Å². The maximum Gasteiger partial charge on any atom is 0.0562 e. The van der Waals surface area contributed by atoms with Crippen LogP contribution in [0.4, 0.5) is 0 Å². The number of rotatable bonds is 2. The van der Waals surface area contributed by atoms with Crippen LogP contribution in [0, 0.1) is 5.92 Å². The molecular weight excluding hydrogens is 436 g/mol. The molecule has 2 nitrogen and oxygen atoms in total. The fourth-order valence-electron chi connectivity index (χ4n) is 6.30. The zero-order chi connectivity index (χ0) is 23.6. The molecule has 6 aromatic rings. The van der Waals surface area contributed by atoms with Gasteiger partial charge < -0.3 is 9.13 Å². The second-order valence-corrected chi connectivity index (χ2v) is 9.78. The third-order valence-corrected chi connectivity index (χ3v) is 7.85. The van der Waals surface area contributed by atoms with Crippen molar-refractivity contribution in [2.24, 2.45) is 5.92 Å². The second-order valence-electron chi connectivity index (χ2n) is 9.78. The van der Waals surface area contributed by atoms with Crippen molar-refractivity contribution in [1.29, 1.82) is 0 Å². The van der Waals surface area contributed by atoms with Crippen LogP contribution in [0.2, 0.25) is 0 Å². The molecule has 0 saturated carbocycles. The Morgan fingerprint density at radius 3 is 1.97 bits per heavy atom. The zero-order valence-electron chi connectivity index (χ0n) is 19.8. The minimum atomic E-state index is 0.329. The first kappa shape index (κ1) is 19.7. The molecule has 8 rings (SSSR count). The minimum Gasteiger partial charge on any atom is -0.312 e. The van der Waals surface area contributed by atoms with Crippen molar-refractivity contribution in [2.75, 3.05) is 0 Å². The summed E-state index contributed by atoms with van der Waals surface area (Å²) in [6, 6.07) is 35.2. The van der Waals surface area contributed by atoms with Gasteiger partial charge in [-0.05, 0) is 42.5 Å². The lowest BCUT2D eigenvalue weighted by atomic mass is 9.80. The van der Waals surface area contributed by atoms with Crippen molar-refractivity contribution in [3.8, 4) is 11.4 Å². The fraction of sp³-hybridized carbons (Fsp3) is 0.0588. The molecule has 0 amide bonds. The molecule has 0 N–H and O–H groups in total. The van der Waals surface area contributed by atoms with Gasteiger partial charge in [0, 0.05) is 50.6 Å². The van der Waals surface area contributed by atoms with Gasteiger partial charge in [-0.15, -0.1) is 0 Å². The highest BCUT2D eigenvalue weighted by molar-refractivity contribution is 6.14. The molecule has 2 aliphatic carbocycles. The number of fused-ring (bicyclic) bond motifs is 8. The van der Waals surface area contributed by atoms with Crippen LogP contribution in [0.5, 0.6) is 0 Å². The lowest BCUT2D eigenvalue weighted by molar-refractivity contribution is 0.661. The van der Waals surface area contributed by atoms with Gasteiger partial charge in [0.05, 0.1) is 16.6 Å². The van der Waals surface area contributed by atoms with E-state index >= 15 is 0 Å². The largest absolute Gasteiger partial charge is 0.312 e. The Hall–Kier alpha value is -4.56. The Labute approximate surface area is 209 Å². The quantitative estimate of drug-likeness (QED) is 0.245. The lowest BCUT2D eigenvalue weighted by Crippen LogP contribution is -2.16. The SMILES string of the molecule is C1=CC2C=Cc3c(n(-c4ccccc4)c4cc5c(cc34)c3ccccc3n5-c3ccccc3)C2C=C1. The first-order valence-electron chi connectivity index (χ1n) is 12.6. The number of hydrogen-bond donors (Lipinski definition) is 0. The van der Waals surface area contributed by atoms with Gasteiger partial charge in [-0.3, -0.25) is 0 Å². The molecule has 2 heterocycles. The van der Waals surface area contributed by atoms with E-state index in [-0.39, 0.29) is 0 Å². The molecule has 2 aliphatic rings. The summed E-state index contributed by atoms with van der Waals surface area (Å²) in [5, 5.41) is 3.90. The molecule has 0 saturated heterocycles. The van der Waals surface area contributed by atoms with Gasteiger partial charge in [0.15, 0.2) is 0 Å². The van der Waals surface area contributed by atoms with Gasteiger partial charge in [-0.25, -0.2) is 0 Å². The van der Waals surface area contributed by atoms with Gasteiger partial charge in [0.2, 0.25) is 0 Å². The van der Waals surface area contributed by atoms with Gasteiger partial charge in [0.1, 0.15) is 0 Å². The summed E-state index contributed by atoms with van der Waals surface area (Å²) in [5.74, 6) is 0.720. The Bertz CT molecular complexity index is 1880. The van der Waals surface area contributed by atoms with Crippen LogP contribution in [-0.4, -0.2) is 9.13 Å². The van der Waals surface area contributed by atoms with E-state index in [1.54, 1.807) is 0 Å². The summed E-state index contributed by atoms with van der Waals surface area (Å²) in [6.07, 6.45) is 13.8. The number of para-hydroxylation sites is 3. The van der Waals surface area contributed by atoms with E-state index in [1.165, 1.54) is 55.3 Å². The van der Waals surface area contributed by atoms with Gasteiger partial charge in [-0.2, -0.15) is 0 Å². The molecule has 0 spiro atoms. The Morgan fingerprint density at radius 2 is 1.17 bits per heavy atom. The van der Waals surface area contributed by atoms with Crippen LogP contribution < -0.4 is 0 Å². The molecule has 0 fully saturated rings. The molecule has 2 atom stereocenters. The van der Waals surface area contributed by atoms with Crippen LogP contribution in [0.25, 0.3) is 50.2 Å². The van der Waals surface area contributed by atoms with Crippen molar-refractivity contribution in [1.82, 2.24) is 9.13 Å². The van der Waals surface area contributed by atoms with Crippen LogP contribution in [-0.2, 0) is 0 Å². The smallest absolute Gasteiger partial charge is 0.0562 e. The van der Waals surface area contributed by atoms with Gasteiger partial charge in [-0.1, -0.05) is 91.1 Å². The van der Waals surface area contributed by atoms with E-state index in [0.717, 1.165) is 0 Å². The molecular formula is C34H24N2. The highest BCUT2D eigenvalue weighted by atomic mass is 15.0. The average molecular weight is 461 g/mol. The second kappa shape index (κ2) is 7.47. The standard InChI is InChI=1S/C34H24N2/c1-3-12-24(13-4-1)35-31-18-10-9-17-27(31)29-21-30-28-20-19-23-11-7-8-16-26(23)34(28)36(33(30)22-32(29)35)25-14-5-2-6-15-25/h1-23,26H. The molecule has 0 radical (unpaired) electrons. The van der Waals surface area contributed by atoms with E-state index in [4.69, 9.17) is 0 Å². The van der Waals surface area contributed by atoms with Crippen molar-refractivity contribution in [2.45, 2.75) is 5.92 Å². The van der Waals surface area contributed by atoms with Crippen LogP contribution in [0.15, 0.2) is 127 Å². The summed E-state index contributed by atoms with van der Waals surface area (Å²) >= 11 is 0. The minimum absolute atomic E-state index is 0.329. The third kappa shape index (κ3) is 2.67. The first-order chi connectivity index (χ1) is 17.9. The molecule has 36 heavy (non-hydrogen) atoms. The molecule has 0 bridgehead atoms. The molecule has 4 aromatic carbocycles. The first-order valence-corrected chi connectivity index (χ1v) is 12.6. The summed E-state index contributed by atoms with van der Waals surface area (Å²) < 4.78 is 4.91. The maximum atomic E-state index is 2.50. The maximum absolute atomic E-state index is 2.50. The van der Waals surface area contributed by atoms with Crippen LogP contribution in [0.3, 0.4) is 0 Å². The number of hydrogen-bond acceptors (Lipinski definition) is 0. The number of benzene rings is 4. The number of nitrogens with zero attached hydrogens (tertiary/aromatic N) is 2. The monoisotopic (exact) mass is 460 g/mol. The Morgan fingerprint density at radius 1 is 0.500 bits per heavy atom. The Balaban J connectivity index is 1.55. The fourth-order valence-corrected chi connectivity index (χ4v) is 6.30. The summed E-state index contributed by atoms with van der Waals surface area (Å²) in [6.45, 7) is 0. The predicted molar refractivity (Wildman–Crippen MR) is 151 cm³/mol. The highest BCUT2D eigenvalue weighted by Gasteiger charge is 2.31. The van der Waals surface area contributed by atoms with Crippen molar-refractivity contribution < 1.29 is 0 Å². The molecule has 0 aliphatic heterocycles. The van der Waals surface area contributed by atoms with E-state index < -0.39 is 0 Å². The molecule has 2 unspecified atom stereocenters. The number of aromatic nitrogens is 2. The normalized spacial score (nSPS) is 18.2. The molecule has 2 aromatic heterocycles. The summed E-state index contributed by atoms with van der Waals surface area (Å²) in [7, 11) is 0. The summed E-state index contributed by atoms with van der Waals surface area (Å²) in [4.78, 5) is 0. The van der Waals surface area contributed by atoms with Crippen molar-refractivity contribution in [3.63, 3.8) is 0 Å². The van der Waals surface area contributed by atoms with Gasteiger partial charge >= 0.3 is 0 Å². The van der Waals surface area contributed by atoms with Crippen LogP contribution >= 0.6 is 0 Å². The molecule has 2 heteroatoms. The number of allylic oxidation sites excluding steroid dienone is 5. The predicted octanol–water partition coefficient (Wildman–Crippen LogP) is 8.58. The average Bonchev–Trinajstić information content (AvgIpc) is 3.45. The molecule has 170 valence electrons. The van der Waals surface area contributed by atoms with Gasteiger partial charge in [0.25, 0.3) is 0 Å². The third-order valence-electron chi connectivity index (χ3n) is 7.85. The van der Waals surface area contributed by atoms with E-state index in [0.29, 0.717) is 11.8 Å². The van der Waals surface area contributed by atoms with E-state index in [2.05, 4.69) is 143 Å². The zero-order valence-corrected chi connectivity index (χ0v) is 19.8. The van der Waals surface area contributed by atoms with E-state index in [9.17, 15) is 0 Å². The van der Waals surface area contributed by atoms with E-state index in [1.807, 2.05) is 0 Å². The van der Waals surface area contributed by atoms with Crippen LogP contribution in [0.1, 0.15) is 17.2 Å². The topological polar surface area (TPSA) is 9.86 Å². The Kier molecular flexibility index (Phi) is 4.09.